The third-order valence-electron chi connectivity index (χ3n) is 4.72. The molecule has 0 spiro atoms. The van der Waals surface area contributed by atoms with E-state index in [1.165, 1.54) is 16.2 Å². The van der Waals surface area contributed by atoms with Crippen LogP contribution in [0.4, 0.5) is 5.95 Å². The van der Waals surface area contributed by atoms with Gasteiger partial charge in [-0.05, 0) is 37.1 Å². The van der Waals surface area contributed by atoms with Crippen molar-refractivity contribution in [1.29, 1.82) is 0 Å². The molecule has 4 N–H and O–H groups in total. The predicted octanol–water partition coefficient (Wildman–Crippen LogP) is -0.116. The van der Waals surface area contributed by atoms with E-state index in [0.29, 0.717) is 5.75 Å². The number of ether oxygens (including phenoxy) is 1. The summed E-state index contributed by atoms with van der Waals surface area (Å²) in [6.45, 7) is 4.05. The summed E-state index contributed by atoms with van der Waals surface area (Å²) in [6.07, 6.45) is -0.944. The largest absolute Gasteiger partial charge is 0.491 e. The number of aliphatic hydroxyl groups excluding tert-OH is 2. The van der Waals surface area contributed by atoms with Crippen LogP contribution in [0, 0.1) is 13.8 Å². The van der Waals surface area contributed by atoms with E-state index in [4.69, 9.17) is 9.84 Å². The summed E-state index contributed by atoms with van der Waals surface area (Å²) in [5, 5.41) is 22.5. The molecule has 0 fully saturated rings. The summed E-state index contributed by atoms with van der Waals surface area (Å²) in [6, 6.07) is 5.66. The van der Waals surface area contributed by atoms with Gasteiger partial charge in [-0.3, -0.25) is 14.3 Å². The molecule has 0 radical (unpaired) electrons. The summed E-state index contributed by atoms with van der Waals surface area (Å²) >= 11 is 0. The molecule has 0 bridgehead atoms. The number of aromatic nitrogens is 4. The highest BCUT2D eigenvalue weighted by Gasteiger charge is 2.19. The van der Waals surface area contributed by atoms with Crippen molar-refractivity contribution in [2.45, 2.75) is 26.5 Å². The zero-order valence-electron chi connectivity index (χ0n) is 16.6. The summed E-state index contributed by atoms with van der Waals surface area (Å²) in [5.41, 5.74) is 1.38. The SMILES string of the molecule is Cc1ccc(OC[C@H](O)Cn2c(NCCO)nc3c2c(=O)[nH]c(=O)n3C)cc1C. The van der Waals surface area contributed by atoms with Gasteiger partial charge in [0.25, 0.3) is 5.56 Å². The molecule has 0 aliphatic heterocycles. The highest BCUT2D eigenvalue weighted by Crippen LogP contribution is 2.18. The topological polar surface area (TPSA) is 134 Å². The van der Waals surface area contributed by atoms with Crippen molar-refractivity contribution in [3.8, 4) is 5.75 Å². The Hall–Kier alpha value is -3.11. The van der Waals surface area contributed by atoms with Crippen molar-refractivity contribution in [1.82, 2.24) is 19.1 Å². The lowest BCUT2D eigenvalue weighted by Gasteiger charge is -2.16. The van der Waals surface area contributed by atoms with Gasteiger partial charge in [-0.25, -0.2) is 4.79 Å². The standard InChI is InChI=1S/C19H25N5O5/c1-11-4-5-14(8-12(11)2)29-10-13(26)9-24-15-16(21-18(24)20-6-7-25)23(3)19(28)22-17(15)27/h4-5,8,13,25-26H,6-7,9-10H2,1-3H3,(H,20,21)(H,22,27,28)/t13-/m1/s1. The molecule has 0 amide bonds. The van der Waals surface area contributed by atoms with E-state index in [2.05, 4.69) is 15.3 Å². The van der Waals surface area contributed by atoms with Gasteiger partial charge < -0.3 is 24.8 Å². The second-order valence-electron chi connectivity index (χ2n) is 6.90. The average Bonchev–Trinajstić information content (AvgIpc) is 3.04. The minimum absolute atomic E-state index is 0.00524. The maximum Gasteiger partial charge on any atom is 0.329 e. The maximum absolute atomic E-state index is 12.4. The number of benzene rings is 1. The molecule has 0 saturated carbocycles. The molecule has 0 aliphatic carbocycles. The number of anilines is 1. The van der Waals surface area contributed by atoms with Crippen LogP contribution in [0.15, 0.2) is 27.8 Å². The fourth-order valence-corrected chi connectivity index (χ4v) is 2.97. The Morgan fingerprint density at radius 1 is 1.28 bits per heavy atom. The van der Waals surface area contributed by atoms with Gasteiger partial charge in [-0.2, -0.15) is 4.98 Å². The van der Waals surface area contributed by atoms with Crippen LogP contribution in [-0.2, 0) is 13.6 Å². The minimum atomic E-state index is -0.944. The van der Waals surface area contributed by atoms with Gasteiger partial charge in [0, 0.05) is 13.6 Å². The number of aromatic amines is 1. The zero-order valence-corrected chi connectivity index (χ0v) is 16.6. The van der Waals surface area contributed by atoms with Crippen molar-refractivity contribution < 1.29 is 14.9 Å². The van der Waals surface area contributed by atoms with E-state index >= 15 is 0 Å². The van der Waals surface area contributed by atoms with Crippen molar-refractivity contribution in [2.75, 3.05) is 25.1 Å². The lowest BCUT2D eigenvalue weighted by Crippen LogP contribution is -2.31. The van der Waals surface area contributed by atoms with Crippen molar-refractivity contribution in [2.24, 2.45) is 7.05 Å². The first kappa shape index (κ1) is 20.6. The number of imidazole rings is 1. The van der Waals surface area contributed by atoms with Crippen LogP contribution in [0.25, 0.3) is 11.2 Å². The number of nitrogens with one attached hydrogen (secondary N) is 2. The lowest BCUT2D eigenvalue weighted by molar-refractivity contribution is 0.0938. The van der Waals surface area contributed by atoms with E-state index < -0.39 is 17.4 Å². The van der Waals surface area contributed by atoms with E-state index in [1.54, 1.807) is 0 Å². The normalized spacial score (nSPS) is 12.3. The number of rotatable bonds is 8. The number of hydrogen-bond acceptors (Lipinski definition) is 7. The third kappa shape index (κ3) is 4.33. The zero-order chi connectivity index (χ0) is 21.1. The summed E-state index contributed by atoms with van der Waals surface area (Å²) in [5.74, 6) is 0.910. The number of hydrogen-bond donors (Lipinski definition) is 4. The van der Waals surface area contributed by atoms with Crippen LogP contribution in [0.1, 0.15) is 11.1 Å². The second-order valence-corrected chi connectivity index (χ2v) is 6.90. The molecule has 0 aliphatic rings. The van der Waals surface area contributed by atoms with Crippen molar-refractivity contribution in [3.63, 3.8) is 0 Å². The second kappa shape index (κ2) is 8.50. The smallest absolute Gasteiger partial charge is 0.329 e. The molecule has 3 rings (SSSR count). The van der Waals surface area contributed by atoms with Crippen LogP contribution in [0.3, 0.4) is 0 Å². The Balaban J connectivity index is 1.87. The molecule has 10 nitrogen and oxygen atoms in total. The molecule has 10 heteroatoms. The first-order valence-corrected chi connectivity index (χ1v) is 9.24. The summed E-state index contributed by atoms with van der Waals surface area (Å²) < 4.78 is 8.37. The molecule has 1 atom stereocenters. The summed E-state index contributed by atoms with van der Waals surface area (Å²) in [4.78, 5) is 30.8. The number of aliphatic hydroxyl groups is 2. The van der Waals surface area contributed by atoms with Gasteiger partial charge in [0.15, 0.2) is 11.2 Å². The van der Waals surface area contributed by atoms with Crippen LogP contribution < -0.4 is 21.3 Å². The molecule has 1 aromatic carbocycles. The number of H-pyrrole nitrogens is 1. The molecule has 2 heterocycles. The Morgan fingerprint density at radius 2 is 2.03 bits per heavy atom. The first-order chi connectivity index (χ1) is 13.8. The summed E-state index contributed by atoms with van der Waals surface area (Å²) in [7, 11) is 1.49. The molecule has 156 valence electrons. The van der Waals surface area contributed by atoms with Gasteiger partial charge in [0.2, 0.25) is 5.95 Å². The van der Waals surface area contributed by atoms with E-state index in [-0.39, 0.29) is 43.4 Å². The van der Waals surface area contributed by atoms with Gasteiger partial charge in [-0.1, -0.05) is 6.07 Å². The molecule has 29 heavy (non-hydrogen) atoms. The van der Waals surface area contributed by atoms with E-state index in [1.807, 2.05) is 32.0 Å². The minimum Gasteiger partial charge on any atom is -0.491 e. The highest BCUT2D eigenvalue weighted by molar-refractivity contribution is 5.74. The quantitative estimate of drug-likeness (QED) is 0.412. The fourth-order valence-electron chi connectivity index (χ4n) is 2.97. The van der Waals surface area contributed by atoms with Crippen molar-refractivity contribution >= 4 is 17.1 Å². The van der Waals surface area contributed by atoms with Gasteiger partial charge >= 0.3 is 5.69 Å². The van der Waals surface area contributed by atoms with Gasteiger partial charge in [-0.15, -0.1) is 0 Å². The molecule has 0 saturated heterocycles. The molecule has 0 unspecified atom stereocenters. The fraction of sp³-hybridized carbons (Fsp3) is 0.421. The van der Waals surface area contributed by atoms with E-state index in [9.17, 15) is 14.7 Å². The Bertz CT molecular complexity index is 1130. The van der Waals surface area contributed by atoms with Crippen LogP contribution in [-0.4, -0.2) is 55.2 Å². The molecular weight excluding hydrogens is 378 g/mol. The van der Waals surface area contributed by atoms with Crippen LogP contribution in [0.2, 0.25) is 0 Å². The van der Waals surface area contributed by atoms with Crippen LogP contribution >= 0.6 is 0 Å². The van der Waals surface area contributed by atoms with E-state index in [0.717, 1.165) is 11.1 Å². The number of nitrogens with zero attached hydrogens (tertiary/aromatic N) is 3. The molecule has 2 aromatic heterocycles. The maximum atomic E-state index is 12.4. The Kier molecular flexibility index (Phi) is 6.04. The highest BCUT2D eigenvalue weighted by atomic mass is 16.5. The van der Waals surface area contributed by atoms with Gasteiger partial charge in [0.1, 0.15) is 18.5 Å². The average molecular weight is 403 g/mol. The number of fused-ring (bicyclic) bond motifs is 1. The number of aryl methyl sites for hydroxylation is 3. The monoisotopic (exact) mass is 403 g/mol. The predicted molar refractivity (Wildman–Crippen MR) is 109 cm³/mol. The molecular formula is C19H25N5O5. The molecule has 3 aromatic rings. The van der Waals surface area contributed by atoms with Gasteiger partial charge in [0.05, 0.1) is 13.2 Å². The Labute approximate surface area is 166 Å². The Morgan fingerprint density at radius 3 is 2.72 bits per heavy atom. The van der Waals surface area contributed by atoms with Crippen molar-refractivity contribution in [3.05, 3.63) is 50.2 Å². The first-order valence-electron chi connectivity index (χ1n) is 9.24. The third-order valence-corrected chi connectivity index (χ3v) is 4.72. The van der Waals surface area contributed by atoms with Crippen LogP contribution in [0.5, 0.6) is 5.75 Å². The lowest BCUT2D eigenvalue weighted by atomic mass is 10.1.